The Morgan fingerprint density at radius 3 is 2.18 bits per heavy atom. The predicted molar refractivity (Wildman–Crippen MR) is 125 cm³/mol. The molecule has 0 aliphatic heterocycles. The van der Waals surface area contributed by atoms with Crippen molar-refractivity contribution in [3.05, 3.63) is 90.0 Å². The first-order valence-corrected chi connectivity index (χ1v) is 11.6. The minimum absolute atomic E-state index is 0. The highest BCUT2D eigenvalue weighted by molar-refractivity contribution is 5.91. The zero-order valence-electron chi connectivity index (χ0n) is 19.7. The average Bonchev–Trinajstić information content (AvgIpc) is 3.43. The Labute approximate surface area is 211 Å². The Morgan fingerprint density at radius 1 is 1.06 bits per heavy atom. The maximum absolute atomic E-state index is 13.3. The molecule has 34 heavy (non-hydrogen) atoms. The van der Waals surface area contributed by atoms with Crippen LogP contribution in [0.25, 0.3) is 0 Å². The lowest BCUT2D eigenvalue weighted by molar-refractivity contribution is -0.703. The summed E-state index contributed by atoms with van der Waals surface area (Å²) in [5, 5.41) is 0. The fourth-order valence-electron chi connectivity index (χ4n) is 5.56. The SMILES string of the molecule is CC(=O)OCC[n+]1ccn([C@@H]2CC[C@H](C(C(N)=O)(c3ccccc3)c3ccccc3)C2)c1C.[Br-]. The average molecular weight is 526 g/mol. The molecule has 0 unspecified atom stereocenters. The number of imidazole rings is 1. The number of esters is 1. The van der Waals surface area contributed by atoms with Crippen LogP contribution in [0.4, 0.5) is 0 Å². The number of aromatic nitrogens is 2. The molecule has 1 aliphatic rings. The van der Waals surface area contributed by atoms with E-state index in [2.05, 4.69) is 22.3 Å². The monoisotopic (exact) mass is 525 g/mol. The number of nitrogens with two attached hydrogens (primary N) is 1. The molecular weight excluding hydrogens is 494 g/mol. The van der Waals surface area contributed by atoms with Gasteiger partial charge in [-0.3, -0.25) is 9.59 Å². The third kappa shape index (κ3) is 4.80. The van der Waals surface area contributed by atoms with Gasteiger partial charge >= 0.3 is 5.97 Å². The van der Waals surface area contributed by atoms with E-state index in [-0.39, 0.29) is 40.8 Å². The Morgan fingerprint density at radius 2 is 1.65 bits per heavy atom. The van der Waals surface area contributed by atoms with Crippen molar-refractivity contribution >= 4 is 11.9 Å². The standard InChI is InChI=1S/C27H31N3O3.BrH/c1-20-29(17-18-33-21(2)31)15-16-30(20)25-14-13-24(19-25)27(26(28)32,22-9-5-3-6-10-22)23-11-7-4-8-12-23;/h3-12,15-16,24-25H,13-14,17-19H2,1-2H3,(H-,28,32);1H/t24-,25+;/m0./s1. The molecule has 0 saturated heterocycles. The van der Waals surface area contributed by atoms with Gasteiger partial charge in [0.05, 0.1) is 0 Å². The van der Waals surface area contributed by atoms with Crippen LogP contribution in [0, 0.1) is 12.8 Å². The number of benzene rings is 2. The Bertz CT molecular complexity index is 1080. The first kappa shape index (κ1) is 25.7. The maximum atomic E-state index is 13.3. The Balaban J connectivity index is 0.00000324. The van der Waals surface area contributed by atoms with E-state index >= 15 is 0 Å². The smallest absolute Gasteiger partial charge is 0.302 e. The Kier molecular flexibility index (Phi) is 8.31. The molecule has 180 valence electrons. The third-order valence-electron chi connectivity index (χ3n) is 7.09. The molecule has 1 fully saturated rings. The third-order valence-corrected chi connectivity index (χ3v) is 7.09. The van der Waals surface area contributed by atoms with Crippen molar-refractivity contribution in [1.29, 1.82) is 0 Å². The quantitative estimate of drug-likeness (QED) is 0.343. The zero-order valence-corrected chi connectivity index (χ0v) is 21.3. The number of nitrogens with zero attached hydrogens (tertiary/aromatic N) is 2. The summed E-state index contributed by atoms with van der Waals surface area (Å²) in [6, 6.07) is 20.2. The van der Waals surface area contributed by atoms with Crippen LogP contribution in [0.1, 0.15) is 49.2 Å². The molecule has 2 aromatic carbocycles. The molecule has 2 N–H and O–H groups in total. The molecule has 0 bridgehead atoms. The van der Waals surface area contributed by atoms with Gasteiger partial charge in [-0.05, 0) is 36.3 Å². The van der Waals surface area contributed by atoms with Gasteiger partial charge in [0.25, 0.3) is 5.82 Å². The summed E-state index contributed by atoms with van der Waals surface area (Å²) >= 11 is 0. The molecule has 3 aromatic rings. The van der Waals surface area contributed by atoms with Gasteiger partial charge in [0.15, 0.2) is 0 Å². The number of ether oxygens (including phenoxy) is 1. The van der Waals surface area contributed by atoms with Gasteiger partial charge in [-0.2, -0.15) is 0 Å². The van der Waals surface area contributed by atoms with Crippen LogP contribution in [0.5, 0.6) is 0 Å². The lowest BCUT2D eigenvalue weighted by atomic mass is 9.64. The number of hydrogen-bond acceptors (Lipinski definition) is 3. The molecule has 6 nitrogen and oxygen atoms in total. The molecule has 1 saturated carbocycles. The largest absolute Gasteiger partial charge is 1.00 e. The van der Waals surface area contributed by atoms with Gasteiger partial charge < -0.3 is 27.5 Å². The fraction of sp³-hybridized carbons (Fsp3) is 0.370. The van der Waals surface area contributed by atoms with Crippen molar-refractivity contribution < 1.29 is 35.9 Å². The second-order valence-electron chi connectivity index (χ2n) is 8.85. The van der Waals surface area contributed by atoms with Crippen molar-refractivity contribution in [2.24, 2.45) is 11.7 Å². The van der Waals surface area contributed by atoms with Crippen molar-refractivity contribution in [2.45, 2.75) is 51.1 Å². The summed E-state index contributed by atoms with van der Waals surface area (Å²) in [7, 11) is 0. The van der Waals surface area contributed by atoms with Crippen LogP contribution in [-0.4, -0.2) is 23.1 Å². The lowest BCUT2D eigenvalue weighted by Crippen LogP contribution is -3.00. The number of carbonyl (C=O) groups excluding carboxylic acids is 2. The molecular formula is C27H32BrN3O3. The van der Waals surface area contributed by atoms with Gasteiger partial charge in [0, 0.05) is 13.8 Å². The lowest BCUT2D eigenvalue weighted by Gasteiger charge is -2.37. The van der Waals surface area contributed by atoms with Gasteiger partial charge in [-0.1, -0.05) is 60.7 Å². The van der Waals surface area contributed by atoms with E-state index in [0.29, 0.717) is 13.2 Å². The van der Waals surface area contributed by atoms with E-state index in [1.807, 2.05) is 66.9 Å². The summed E-state index contributed by atoms with van der Waals surface area (Å²) in [5.41, 5.74) is 7.26. The topological polar surface area (TPSA) is 78.2 Å². The summed E-state index contributed by atoms with van der Waals surface area (Å²) in [5.74, 6) is 0.625. The molecule has 4 rings (SSSR count). The van der Waals surface area contributed by atoms with E-state index in [9.17, 15) is 9.59 Å². The first-order chi connectivity index (χ1) is 15.9. The van der Waals surface area contributed by atoms with Gasteiger partial charge in [-0.15, -0.1) is 0 Å². The number of halogens is 1. The summed E-state index contributed by atoms with van der Waals surface area (Å²) < 4.78 is 9.49. The highest BCUT2D eigenvalue weighted by atomic mass is 79.9. The van der Waals surface area contributed by atoms with E-state index in [0.717, 1.165) is 36.2 Å². The zero-order chi connectivity index (χ0) is 23.4. The van der Waals surface area contributed by atoms with Crippen molar-refractivity contribution in [1.82, 2.24) is 4.57 Å². The van der Waals surface area contributed by atoms with Crippen molar-refractivity contribution in [2.75, 3.05) is 6.61 Å². The normalized spacial score (nSPS) is 17.7. The van der Waals surface area contributed by atoms with Gasteiger partial charge in [0.1, 0.15) is 37.0 Å². The van der Waals surface area contributed by atoms with E-state index in [4.69, 9.17) is 10.5 Å². The fourth-order valence-corrected chi connectivity index (χ4v) is 5.56. The maximum Gasteiger partial charge on any atom is 0.302 e. The van der Waals surface area contributed by atoms with E-state index in [1.165, 1.54) is 6.92 Å². The molecule has 7 heteroatoms. The summed E-state index contributed by atoms with van der Waals surface area (Å²) in [4.78, 5) is 24.3. The molecule has 1 heterocycles. The van der Waals surface area contributed by atoms with Crippen LogP contribution < -0.4 is 27.3 Å². The predicted octanol–water partition coefficient (Wildman–Crippen LogP) is 0.464. The highest BCUT2D eigenvalue weighted by Crippen LogP contribution is 2.49. The summed E-state index contributed by atoms with van der Waals surface area (Å²) in [6.45, 7) is 4.47. The molecule has 0 radical (unpaired) electrons. The number of rotatable bonds is 8. The van der Waals surface area contributed by atoms with E-state index < -0.39 is 5.41 Å². The molecule has 1 aromatic heterocycles. The van der Waals surface area contributed by atoms with Crippen LogP contribution in [0.3, 0.4) is 0 Å². The number of amides is 1. The molecule has 0 spiro atoms. The number of hydrogen-bond donors (Lipinski definition) is 1. The number of carbonyl (C=O) groups is 2. The van der Waals surface area contributed by atoms with E-state index in [1.54, 1.807) is 0 Å². The molecule has 2 atom stereocenters. The second-order valence-corrected chi connectivity index (χ2v) is 8.85. The first-order valence-electron chi connectivity index (χ1n) is 11.6. The summed E-state index contributed by atoms with van der Waals surface area (Å²) in [6.07, 6.45) is 6.85. The van der Waals surface area contributed by atoms with Gasteiger partial charge in [-0.25, -0.2) is 9.13 Å². The molecule has 1 aliphatic carbocycles. The van der Waals surface area contributed by atoms with Crippen LogP contribution in [0.15, 0.2) is 73.1 Å². The van der Waals surface area contributed by atoms with Crippen LogP contribution in [0.2, 0.25) is 0 Å². The minimum Gasteiger partial charge on any atom is -1.00 e. The minimum atomic E-state index is -0.871. The second kappa shape index (κ2) is 11.0. The van der Waals surface area contributed by atoms with Crippen LogP contribution >= 0.6 is 0 Å². The van der Waals surface area contributed by atoms with Crippen LogP contribution in [-0.2, 0) is 26.3 Å². The van der Waals surface area contributed by atoms with Crippen molar-refractivity contribution in [3.63, 3.8) is 0 Å². The van der Waals surface area contributed by atoms with Gasteiger partial charge in [0.2, 0.25) is 5.91 Å². The Hall–Kier alpha value is -2.93. The van der Waals surface area contributed by atoms with Crippen molar-refractivity contribution in [3.8, 4) is 0 Å². The molecule has 1 amide bonds. The number of primary amides is 1. The highest BCUT2D eigenvalue weighted by Gasteiger charge is 2.51.